The monoisotopic (exact) mass is 441 g/mol. The van der Waals surface area contributed by atoms with Gasteiger partial charge in [0.1, 0.15) is 6.04 Å². The van der Waals surface area contributed by atoms with Gasteiger partial charge in [0.25, 0.3) is 5.95 Å². The maximum Gasteiger partial charge on any atom is 0.250 e. The molecule has 1 unspecified atom stereocenters. The van der Waals surface area contributed by atoms with Crippen molar-refractivity contribution in [1.29, 1.82) is 0 Å². The second-order valence-corrected chi connectivity index (χ2v) is 8.43. The summed E-state index contributed by atoms with van der Waals surface area (Å²) in [5.41, 5.74) is 2.85. The molecular formula is C22H21Cl2N5O. The minimum absolute atomic E-state index is 0.109. The molecule has 4 rings (SSSR count). The summed E-state index contributed by atoms with van der Waals surface area (Å²) in [6, 6.07) is 14.9. The highest BCUT2D eigenvalue weighted by Gasteiger charge is 2.26. The minimum Gasteiger partial charge on any atom is -0.324 e. The van der Waals surface area contributed by atoms with Crippen LogP contribution in [0.3, 0.4) is 0 Å². The molecule has 1 aliphatic rings. The lowest BCUT2D eigenvalue weighted by atomic mass is 10.0. The number of benzene rings is 2. The van der Waals surface area contributed by atoms with Gasteiger partial charge in [0.05, 0.1) is 0 Å². The van der Waals surface area contributed by atoms with Crippen LogP contribution in [-0.2, 0) is 4.79 Å². The lowest BCUT2D eigenvalue weighted by Gasteiger charge is -2.24. The van der Waals surface area contributed by atoms with E-state index in [4.69, 9.17) is 23.2 Å². The number of aromatic nitrogens is 3. The molecule has 0 radical (unpaired) electrons. The highest BCUT2D eigenvalue weighted by Crippen LogP contribution is 2.34. The van der Waals surface area contributed by atoms with E-state index in [1.807, 2.05) is 62.4 Å². The van der Waals surface area contributed by atoms with Crippen LogP contribution in [0.15, 0.2) is 54.6 Å². The summed E-state index contributed by atoms with van der Waals surface area (Å²) in [5.74, 6) is 0.956. The number of carbonyl (C=O) groups excluding carboxylic acids is 1. The van der Waals surface area contributed by atoms with Crippen molar-refractivity contribution in [3.05, 3.63) is 75.8 Å². The summed E-state index contributed by atoms with van der Waals surface area (Å²) in [7, 11) is 0. The summed E-state index contributed by atoms with van der Waals surface area (Å²) in [6.45, 7) is 3.98. The predicted molar refractivity (Wildman–Crippen MR) is 121 cm³/mol. The van der Waals surface area contributed by atoms with Gasteiger partial charge in [-0.25, -0.2) is 4.68 Å². The SMILES string of the molecule is CC(C)CC(=O)Nc1nc2n(n1)C(c1ccc(Cl)cc1)C=C(c1ccc(Cl)cc1)N2. The number of allylic oxidation sites excluding steroid dienone is 1. The van der Waals surface area contributed by atoms with Gasteiger partial charge in [0, 0.05) is 22.2 Å². The van der Waals surface area contributed by atoms with Crippen LogP contribution in [0.4, 0.5) is 11.9 Å². The number of fused-ring (bicyclic) bond motifs is 1. The number of hydrogen-bond acceptors (Lipinski definition) is 4. The smallest absolute Gasteiger partial charge is 0.250 e. The van der Waals surface area contributed by atoms with Gasteiger partial charge in [-0.2, -0.15) is 4.98 Å². The molecule has 3 aromatic rings. The summed E-state index contributed by atoms with van der Waals surface area (Å²) in [5, 5.41) is 12.0. The zero-order valence-electron chi connectivity index (χ0n) is 16.6. The fourth-order valence-corrected chi connectivity index (χ4v) is 3.54. The third-order valence-corrected chi connectivity index (χ3v) is 5.18. The molecule has 2 heterocycles. The Bertz CT molecular complexity index is 1090. The molecule has 0 spiro atoms. The molecule has 0 saturated carbocycles. The maximum absolute atomic E-state index is 12.2. The van der Waals surface area contributed by atoms with E-state index in [9.17, 15) is 4.79 Å². The molecule has 6 nitrogen and oxygen atoms in total. The number of amides is 1. The number of nitrogens with zero attached hydrogens (tertiary/aromatic N) is 3. The molecule has 2 N–H and O–H groups in total. The van der Waals surface area contributed by atoms with Crippen molar-refractivity contribution in [3.8, 4) is 0 Å². The maximum atomic E-state index is 12.2. The Balaban J connectivity index is 1.71. The van der Waals surface area contributed by atoms with Crippen LogP contribution >= 0.6 is 23.2 Å². The van der Waals surface area contributed by atoms with Crippen LogP contribution < -0.4 is 10.6 Å². The summed E-state index contributed by atoms with van der Waals surface area (Å²) in [6.07, 6.45) is 2.47. The van der Waals surface area contributed by atoms with E-state index >= 15 is 0 Å². The zero-order chi connectivity index (χ0) is 21.3. The highest BCUT2D eigenvalue weighted by atomic mass is 35.5. The largest absolute Gasteiger partial charge is 0.324 e. The molecule has 1 atom stereocenters. The first kappa shape index (κ1) is 20.4. The minimum atomic E-state index is -0.215. The molecule has 0 saturated heterocycles. The van der Waals surface area contributed by atoms with Gasteiger partial charge in [-0.3, -0.25) is 10.1 Å². The summed E-state index contributed by atoms with van der Waals surface area (Å²) >= 11 is 12.1. The third kappa shape index (κ3) is 4.50. The van der Waals surface area contributed by atoms with Crippen LogP contribution in [-0.4, -0.2) is 20.7 Å². The van der Waals surface area contributed by atoms with E-state index in [0.717, 1.165) is 16.8 Å². The summed E-state index contributed by atoms with van der Waals surface area (Å²) in [4.78, 5) is 16.7. The van der Waals surface area contributed by atoms with Crippen molar-refractivity contribution >= 4 is 46.7 Å². The Kier molecular flexibility index (Phi) is 5.79. The first-order chi connectivity index (χ1) is 14.4. The Hall–Kier alpha value is -2.83. The van der Waals surface area contributed by atoms with Crippen LogP contribution in [0, 0.1) is 5.92 Å². The van der Waals surface area contributed by atoms with Crippen LogP contribution in [0.2, 0.25) is 10.0 Å². The summed E-state index contributed by atoms with van der Waals surface area (Å²) < 4.78 is 1.76. The third-order valence-electron chi connectivity index (χ3n) is 4.68. The van der Waals surface area contributed by atoms with Gasteiger partial charge < -0.3 is 5.32 Å². The van der Waals surface area contributed by atoms with E-state index in [1.165, 1.54) is 0 Å². The van der Waals surface area contributed by atoms with Crippen molar-refractivity contribution in [2.45, 2.75) is 26.3 Å². The first-order valence-electron chi connectivity index (χ1n) is 9.65. The van der Waals surface area contributed by atoms with Crippen molar-refractivity contribution in [3.63, 3.8) is 0 Å². The van der Waals surface area contributed by atoms with Gasteiger partial charge >= 0.3 is 0 Å². The Morgan fingerprint density at radius 2 is 1.73 bits per heavy atom. The molecule has 1 amide bonds. The number of anilines is 2. The number of halogens is 2. The fraction of sp³-hybridized carbons (Fsp3) is 0.227. The molecule has 0 bridgehead atoms. The second-order valence-electron chi connectivity index (χ2n) is 7.56. The van der Waals surface area contributed by atoms with Gasteiger partial charge in [-0.05, 0) is 47.4 Å². The van der Waals surface area contributed by atoms with Crippen molar-refractivity contribution in [1.82, 2.24) is 14.8 Å². The average molecular weight is 442 g/mol. The number of rotatable bonds is 5. The van der Waals surface area contributed by atoms with Crippen molar-refractivity contribution in [2.24, 2.45) is 5.92 Å². The molecule has 2 aromatic carbocycles. The molecule has 1 aliphatic heterocycles. The quantitative estimate of drug-likeness (QED) is 0.538. The lowest BCUT2D eigenvalue weighted by molar-refractivity contribution is -0.116. The van der Waals surface area contributed by atoms with Gasteiger partial charge in [-0.15, -0.1) is 5.10 Å². The number of hydrogen-bond donors (Lipinski definition) is 2. The molecule has 154 valence electrons. The van der Waals surface area contributed by atoms with E-state index in [-0.39, 0.29) is 23.8 Å². The van der Waals surface area contributed by atoms with E-state index in [2.05, 4.69) is 26.8 Å². The first-order valence-corrected chi connectivity index (χ1v) is 10.4. The average Bonchev–Trinajstić information content (AvgIpc) is 3.10. The number of carbonyl (C=O) groups is 1. The molecule has 0 aliphatic carbocycles. The Morgan fingerprint density at radius 1 is 1.10 bits per heavy atom. The van der Waals surface area contributed by atoms with Crippen molar-refractivity contribution < 1.29 is 4.79 Å². The standard InChI is InChI=1S/C22H21Cl2N5O/c1-13(2)11-20(30)26-21-27-22-25-18(14-3-7-16(23)8-4-14)12-19(29(22)28-21)15-5-9-17(24)10-6-15/h3-10,12-13,19H,11H2,1-2H3,(H2,25,26,27,28,30). The van der Waals surface area contributed by atoms with Gasteiger partial charge in [0.2, 0.25) is 11.9 Å². The van der Waals surface area contributed by atoms with Gasteiger partial charge in [-0.1, -0.05) is 61.3 Å². The van der Waals surface area contributed by atoms with E-state index in [1.54, 1.807) is 4.68 Å². The van der Waals surface area contributed by atoms with Gasteiger partial charge in [0.15, 0.2) is 0 Å². The Labute approximate surface area is 184 Å². The fourth-order valence-electron chi connectivity index (χ4n) is 3.29. The van der Waals surface area contributed by atoms with Crippen LogP contribution in [0.25, 0.3) is 5.70 Å². The van der Waals surface area contributed by atoms with E-state index < -0.39 is 0 Å². The molecule has 0 fully saturated rings. The van der Waals surface area contributed by atoms with Crippen molar-refractivity contribution in [2.75, 3.05) is 10.6 Å². The normalized spacial score (nSPS) is 15.4. The van der Waals surface area contributed by atoms with Crippen LogP contribution in [0.1, 0.15) is 37.4 Å². The lowest BCUT2D eigenvalue weighted by Crippen LogP contribution is -2.20. The van der Waals surface area contributed by atoms with Crippen LogP contribution in [0.5, 0.6) is 0 Å². The molecular weight excluding hydrogens is 421 g/mol. The topological polar surface area (TPSA) is 71.8 Å². The predicted octanol–water partition coefficient (Wildman–Crippen LogP) is 5.63. The molecule has 30 heavy (non-hydrogen) atoms. The Morgan fingerprint density at radius 3 is 2.37 bits per heavy atom. The molecule has 8 heteroatoms. The van der Waals surface area contributed by atoms with E-state index in [0.29, 0.717) is 22.4 Å². The number of nitrogens with one attached hydrogen (secondary N) is 2. The highest BCUT2D eigenvalue weighted by molar-refractivity contribution is 6.30. The molecule has 1 aromatic heterocycles. The zero-order valence-corrected chi connectivity index (χ0v) is 18.1. The second kappa shape index (κ2) is 8.50.